The van der Waals surface area contributed by atoms with Gasteiger partial charge in [0.2, 0.25) is 11.8 Å². The van der Waals surface area contributed by atoms with E-state index < -0.39 is 5.25 Å². The predicted octanol–water partition coefficient (Wildman–Crippen LogP) is 2.95. The molecule has 0 bridgehead atoms. The van der Waals surface area contributed by atoms with Gasteiger partial charge in [-0.2, -0.15) is 0 Å². The van der Waals surface area contributed by atoms with Gasteiger partial charge >= 0.3 is 0 Å². The second-order valence-corrected chi connectivity index (χ2v) is 6.86. The first-order valence-electron chi connectivity index (χ1n) is 8.22. The number of amidine groups is 1. The molecule has 1 saturated heterocycles. The first kappa shape index (κ1) is 18.8. The zero-order valence-corrected chi connectivity index (χ0v) is 15.7. The number of thioether (sulfide) groups is 1. The normalized spacial score (nSPS) is 17.5. The van der Waals surface area contributed by atoms with Gasteiger partial charge in [-0.25, -0.2) is 4.99 Å². The van der Waals surface area contributed by atoms with E-state index >= 15 is 0 Å². The SMILES string of the molecule is COc1ccc(NC(=O)C[C@@H]2SC(=Nc3ccccc3OC)NC2=O)cc1. The summed E-state index contributed by atoms with van der Waals surface area (Å²) in [4.78, 5) is 28.8. The Bertz CT molecular complexity index is 868. The van der Waals surface area contributed by atoms with Crippen LogP contribution in [0.2, 0.25) is 0 Å². The van der Waals surface area contributed by atoms with Gasteiger partial charge in [0.15, 0.2) is 5.17 Å². The molecule has 8 heteroatoms. The Labute approximate surface area is 161 Å². The predicted molar refractivity (Wildman–Crippen MR) is 106 cm³/mol. The number of anilines is 1. The molecular formula is C19H19N3O4S. The average Bonchev–Trinajstić information content (AvgIpc) is 3.01. The molecule has 1 fully saturated rings. The first-order chi connectivity index (χ1) is 13.1. The van der Waals surface area contributed by atoms with E-state index in [1.165, 1.54) is 11.8 Å². The van der Waals surface area contributed by atoms with Crippen LogP contribution in [0.5, 0.6) is 11.5 Å². The van der Waals surface area contributed by atoms with E-state index in [1.54, 1.807) is 50.6 Å². The number of nitrogens with zero attached hydrogens (tertiary/aromatic N) is 1. The number of carbonyl (C=O) groups excluding carboxylic acids is 2. The van der Waals surface area contributed by atoms with Gasteiger partial charge in [0.1, 0.15) is 22.4 Å². The van der Waals surface area contributed by atoms with Crippen LogP contribution in [0.4, 0.5) is 11.4 Å². The van der Waals surface area contributed by atoms with Crippen LogP contribution >= 0.6 is 11.8 Å². The quantitative estimate of drug-likeness (QED) is 0.798. The highest BCUT2D eigenvalue weighted by atomic mass is 32.2. The molecule has 1 aliphatic heterocycles. The highest BCUT2D eigenvalue weighted by Crippen LogP contribution is 2.30. The molecule has 0 radical (unpaired) electrons. The fraction of sp³-hybridized carbons (Fsp3) is 0.211. The van der Waals surface area contributed by atoms with Gasteiger partial charge in [-0.15, -0.1) is 0 Å². The van der Waals surface area contributed by atoms with E-state index in [0.717, 1.165) is 0 Å². The number of nitrogens with one attached hydrogen (secondary N) is 2. The lowest BCUT2D eigenvalue weighted by Gasteiger charge is -2.08. The maximum Gasteiger partial charge on any atom is 0.240 e. The lowest BCUT2D eigenvalue weighted by atomic mass is 10.2. The van der Waals surface area contributed by atoms with E-state index in [2.05, 4.69) is 15.6 Å². The van der Waals surface area contributed by atoms with Crippen molar-refractivity contribution in [3.8, 4) is 11.5 Å². The summed E-state index contributed by atoms with van der Waals surface area (Å²) >= 11 is 1.23. The van der Waals surface area contributed by atoms with Crippen LogP contribution in [0, 0.1) is 0 Å². The van der Waals surface area contributed by atoms with Gasteiger partial charge in [0, 0.05) is 12.1 Å². The molecule has 1 heterocycles. The Morgan fingerprint density at radius 2 is 1.89 bits per heavy atom. The molecule has 140 valence electrons. The maximum atomic E-state index is 12.2. The summed E-state index contributed by atoms with van der Waals surface area (Å²) in [7, 11) is 3.14. The Kier molecular flexibility index (Phi) is 5.97. The van der Waals surface area contributed by atoms with Crippen LogP contribution in [0.3, 0.4) is 0 Å². The van der Waals surface area contributed by atoms with Gasteiger partial charge in [-0.3, -0.25) is 9.59 Å². The average molecular weight is 385 g/mol. The van der Waals surface area contributed by atoms with E-state index in [4.69, 9.17) is 9.47 Å². The zero-order valence-electron chi connectivity index (χ0n) is 14.9. The van der Waals surface area contributed by atoms with Crippen molar-refractivity contribution < 1.29 is 19.1 Å². The summed E-state index contributed by atoms with van der Waals surface area (Å²) in [6.45, 7) is 0. The number of benzene rings is 2. The zero-order chi connectivity index (χ0) is 19.2. The van der Waals surface area contributed by atoms with E-state index in [0.29, 0.717) is 28.0 Å². The highest BCUT2D eigenvalue weighted by Gasteiger charge is 2.32. The maximum absolute atomic E-state index is 12.2. The van der Waals surface area contributed by atoms with E-state index in [1.807, 2.05) is 12.1 Å². The van der Waals surface area contributed by atoms with Gasteiger partial charge in [-0.1, -0.05) is 23.9 Å². The van der Waals surface area contributed by atoms with Crippen LogP contribution < -0.4 is 20.1 Å². The van der Waals surface area contributed by atoms with Crippen LogP contribution in [-0.4, -0.2) is 36.5 Å². The number of hydrogen-bond acceptors (Lipinski definition) is 6. The molecule has 2 aromatic carbocycles. The number of rotatable bonds is 6. The number of ether oxygens (including phenoxy) is 2. The van der Waals surface area contributed by atoms with Crippen LogP contribution in [0.1, 0.15) is 6.42 Å². The van der Waals surface area contributed by atoms with Crippen molar-refractivity contribution >= 4 is 40.1 Å². The minimum absolute atomic E-state index is 0.0491. The number of hydrogen-bond donors (Lipinski definition) is 2. The molecule has 0 unspecified atom stereocenters. The van der Waals surface area contributed by atoms with Gasteiger partial charge in [-0.05, 0) is 36.4 Å². The van der Waals surface area contributed by atoms with Crippen molar-refractivity contribution in [3.05, 3.63) is 48.5 Å². The second kappa shape index (κ2) is 8.59. The third-order valence-electron chi connectivity index (χ3n) is 3.83. The highest BCUT2D eigenvalue weighted by molar-refractivity contribution is 8.15. The van der Waals surface area contributed by atoms with Crippen molar-refractivity contribution in [3.63, 3.8) is 0 Å². The van der Waals surface area contributed by atoms with Gasteiger partial charge in [0.25, 0.3) is 0 Å². The van der Waals surface area contributed by atoms with Crippen LogP contribution in [-0.2, 0) is 9.59 Å². The molecule has 1 atom stereocenters. The molecule has 0 saturated carbocycles. The van der Waals surface area contributed by atoms with E-state index in [9.17, 15) is 9.59 Å². The van der Waals surface area contributed by atoms with Crippen molar-refractivity contribution in [2.45, 2.75) is 11.7 Å². The molecule has 0 aromatic heterocycles. The summed E-state index contributed by atoms with van der Waals surface area (Å²) in [5.74, 6) is 0.835. The number of para-hydroxylation sites is 2. The van der Waals surface area contributed by atoms with E-state index in [-0.39, 0.29) is 18.2 Å². The molecule has 2 amide bonds. The van der Waals surface area contributed by atoms with Gasteiger partial charge in [0.05, 0.1) is 14.2 Å². The molecule has 27 heavy (non-hydrogen) atoms. The molecule has 1 aliphatic rings. The Balaban J connectivity index is 1.61. The molecule has 3 rings (SSSR count). The lowest BCUT2D eigenvalue weighted by molar-refractivity contribution is -0.122. The smallest absolute Gasteiger partial charge is 0.240 e. The second-order valence-electron chi connectivity index (χ2n) is 5.67. The molecule has 2 N–H and O–H groups in total. The monoisotopic (exact) mass is 385 g/mol. The lowest BCUT2D eigenvalue weighted by Crippen LogP contribution is -2.28. The van der Waals surface area contributed by atoms with Crippen LogP contribution in [0.25, 0.3) is 0 Å². The topological polar surface area (TPSA) is 89.0 Å². The molecular weight excluding hydrogens is 366 g/mol. The van der Waals surface area contributed by atoms with Crippen molar-refractivity contribution in [2.24, 2.45) is 4.99 Å². The Hall–Kier alpha value is -3.00. The molecule has 0 aliphatic carbocycles. The van der Waals surface area contributed by atoms with Crippen molar-refractivity contribution in [1.82, 2.24) is 5.32 Å². The fourth-order valence-corrected chi connectivity index (χ4v) is 3.46. The minimum atomic E-state index is -0.531. The summed E-state index contributed by atoms with van der Waals surface area (Å²) in [6.07, 6.45) is 0.0491. The number of aliphatic imine (C=N–C) groups is 1. The van der Waals surface area contributed by atoms with Crippen molar-refractivity contribution in [2.75, 3.05) is 19.5 Å². The third-order valence-corrected chi connectivity index (χ3v) is 4.91. The molecule has 2 aromatic rings. The molecule has 0 spiro atoms. The summed E-state index contributed by atoms with van der Waals surface area (Å²) < 4.78 is 10.3. The third kappa shape index (κ3) is 4.79. The Morgan fingerprint density at radius 1 is 1.15 bits per heavy atom. The number of methoxy groups -OCH3 is 2. The Morgan fingerprint density at radius 3 is 2.59 bits per heavy atom. The van der Waals surface area contributed by atoms with Gasteiger partial charge < -0.3 is 20.1 Å². The summed E-state index contributed by atoms with van der Waals surface area (Å²) in [5.41, 5.74) is 1.26. The van der Waals surface area contributed by atoms with Crippen molar-refractivity contribution in [1.29, 1.82) is 0 Å². The minimum Gasteiger partial charge on any atom is -0.497 e. The molecule has 7 nitrogen and oxygen atoms in total. The number of amides is 2. The summed E-state index contributed by atoms with van der Waals surface area (Å²) in [6, 6.07) is 14.3. The first-order valence-corrected chi connectivity index (χ1v) is 9.10. The largest absolute Gasteiger partial charge is 0.497 e. The van der Waals surface area contributed by atoms with Crippen LogP contribution in [0.15, 0.2) is 53.5 Å². The standard InChI is InChI=1S/C19H19N3O4S/c1-25-13-9-7-12(8-10-13)20-17(23)11-16-18(24)22-19(27-16)21-14-5-3-4-6-15(14)26-2/h3-10,16H,11H2,1-2H3,(H,20,23)(H,21,22,24)/t16-/m0/s1. The number of carbonyl (C=O) groups is 2. The summed E-state index contributed by atoms with van der Waals surface area (Å²) in [5, 5.41) is 5.41. The fourth-order valence-electron chi connectivity index (χ4n) is 2.48.